The van der Waals surface area contributed by atoms with Gasteiger partial charge >= 0.3 is 0 Å². The maximum absolute atomic E-state index is 6.62. The number of hydrogen-bond donors (Lipinski definition) is 0. The van der Waals surface area contributed by atoms with Crippen LogP contribution in [0.1, 0.15) is 36.8 Å². The van der Waals surface area contributed by atoms with Crippen molar-refractivity contribution in [2.45, 2.75) is 55.7 Å². The van der Waals surface area contributed by atoms with Crippen molar-refractivity contribution in [3.63, 3.8) is 0 Å². The predicted octanol–water partition coefficient (Wildman–Crippen LogP) is 2.99. The maximum atomic E-state index is 6.62. The summed E-state index contributed by atoms with van der Waals surface area (Å²) in [6.07, 6.45) is 11.5. The molecule has 1 unspecified atom stereocenters. The van der Waals surface area contributed by atoms with Gasteiger partial charge in [-0.25, -0.2) is 0 Å². The summed E-state index contributed by atoms with van der Waals surface area (Å²) in [5, 5.41) is 0. The number of ether oxygens (including phenoxy) is 2. The molecule has 27 heavy (non-hydrogen) atoms. The van der Waals surface area contributed by atoms with Crippen LogP contribution >= 0.6 is 0 Å². The zero-order valence-corrected chi connectivity index (χ0v) is 16.5. The molecule has 5 atom stereocenters. The minimum Gasteiger partial charge on any atom is -0.493 e. The Morgan fingerprint density at radius 1 is 1.11 bits per heavy atom. The van der Waals surface area contributed by atoms with Gasteiger partial charge in [0.25, 0.3) is 0 Å². The van der Waals surface area contributed by atoms with Crippen LogP contribution in [-0.2, 0) is 11.8 Å². The Hall–Kier alpha value is -1.52. The quantitative estimate of drug-likeness (QED) is 0.752. The van der Waals surface area contributed by atoms with Gasteiger partial charge in [0.05, 0.1) is 7.11 Å². The van der Waals surface area contributed by atoms with Gasteiger partial charge in [0.15, 0.2) is 11.5 Å². The number of hydrogen-bond acceptors (Lipinski definition) is 4. The van der Waals surface area contributed by atoms with E-state index in [1.54, 1.807) is 7.11 Å². The van der Waals surface area contributed by atoms with Crippen LogP contribution in [0.4, 0.5) is 0 Å². The summed E-state index contributed by atoms with van der Waals surface area (Å²) < 4.78 is 12.3. The summed E-state index contributed by atoms with van der Waals surface area (Å²) in [5.74, 6) is 2.57. The Labute approximate surface area is 162 Å². The average Bonchev–Trinajstić information content (AvgIpc) is 3.05. The Balaban J connectivity index is 1.55. The van der Waals surface area contributed by atoms with Crippen molar-refractivity contribution in [1.82, 2.24) is 9.80 Å². The average molecular weight is 367 g/mol. The molecule has 2 bridgehead atoms. The molecular formula is C23H30N2O2. The number of benzene rings is 1. The van der Waals surface area contributed by atoms with E-state index in [1.807, 2.05) is 0 Å². The largest absolute Gasteiger partial charge is 0.493 e. The Morgan fingerprint density at radius 3 is 2.78 bits per heavy atom. The molecule has 2 aliphatic carbocycles. The minimum absolute atomic E-state index is 0.130. The van der Waals surface area contributed by atoms with Crippen molar-refractivity contribution in [3.8, 4) is 11.5 Å². The standard InChI is InChI=1S/C23H30N2O2/c1-24-13-10-23-19-9-7-16(25-11-4-3-5-12-25)21(23)17(24)14-15-6-8-18(26-2)22(27-19)20(15)23/h6-9,16-17,19,21H,3-5,10-14H2,1-2H3/t16?,17-,19+,21+,23-/m1/s1. The van der Waals surface area contributed by atoms with E-state index in [9.17, 15) is 0 Å². The van der Waals surface area contributed by atoms with Gasteiger partial charge in [0.1, 0.15) is 6.10 Å². The van der Waals surface area contributed by atoms with Gasteiger partial charge in [0, 0.05) is 29.0 Å². The first kappa shape index (κ1) is 16.4. The highest BCUT2D eigenvalue weighted by atomic mass is 16.5. The highest BCUT2D eigenvalue weighted by molar-refractivity contribution is 5.62. The third kappa shape index (κ3) is 2.01. The molecule has 1 aromatic rings. The number of methoxy groups -OCH3 is 1. The topological polar surface area (TPSA) is 24.9 Å². The zero-order chi connectivity index (χ0) is 18.2. The summed E-state index contributed by atoms with van der Waals surface area (Å²) in [4.78, 5) is 5.41. The van der Waals surface area contributed by atoms with Gasteiger partial charge in [-0.15, -0.1) is 0 Å². The van der Waals surface area contributed by atoms with Crippen LogP contribution in [0.5, 0.6) is 11.5 Å². The predicted molar refractivity (Wildman–Crippen MR) is 106 cm³/mol. The third-order valence-corrected chi connectivity index (χ3v) is 8.19. The van der Waals surface area contributed by atoms with Crippen LogP contribution in [0, 0.1) is 5.92 Å². The van der Waals surface area contributed by atoms with E-state index >= 15 is 0 Å². The first-order valence-electron chi connectivity index (χ1n) is 10.7. The van der Waals surface area contributed by atoms with Gasteiger partial charge < -0.3 is 14.4 Å². The molecule has 1 spiro atoms. The molecule has 4 nitrogen and oxygen atoms in total. The van der Waals surface area contributed by atoms with Crippen LogP contribution in [0.25, 0.3) is 0 Å². The highest BCUT2D eigenvalue weighted by Crippen LogP contribution is 2.63. The van der Waals surface area contributed by atoms with Gasteiger partial charge in [-0.05, 0) is 70.1 Å². The molecule has 144 valence electrons. The number of likely N-dealkylation sites (tertiary alicyclic amines) is 2. The molecule has 3 aliphatic heterocycles. The first-order chi connectivity index (χ1) is 13.2. The molecule has 1 aromatic carbocycles. The van der Waals surface area contributed by atoms with Crippen molar-refractivity contribution in [1.29, 1.82) is 0 Å². The molecule has 0 aromatic heterocycles. The normalized spacial score (nSPS) is 39.8. The summed E-state index contributed by atoms with van der Waals surface area (Å²) in [5.41, 5.74) is 3.12. The second-order valence-corrected chi connectivity index (χ2v) is 9.21. The summed E-state index contributed by atoms with van der Waals surface area (Å²) >= 11 is 0. The van der Waals surface area contributed by atoms with E-state index in [0.717, 1.165) is 24.5 Å². The third-order valence-electron chi connectivity index (χ3n) is 8.19. The maximum Gasteiger partial charge on any atom is 0.166 e. The van der Waals surface area contributed by atoms with E-state index in [4.69, 9.17) is 9.47 Å². The van der Waals surface area contributed by atoms with E-state index in [-0.39, 0.29) is 11.5 Å². The fourth-order valence-corrected chi connectivity index (χ4v) is 7.02. The van der Waals surface area contributed by atoms with Crippen LogP contribution in [0.15, 0.2) is 24.3 Å². The van der Waals surface area contributed by atoms with Gasteiger partial charge in [-0.1, -0.05) is 18.6 Å². The van der Waals surface area contributed by atoms with Crippen molar-refractivity contribution in [2.24, 2.45) is 5.92 Å². The van der Waals surface area contributed by atoms with Crippen molar-refractivity contribution < 1.29 is 9.47 Å². The molecule has 6 rings (SSSR count). The molecule has 0 amide bonds. The zero-order valence-electron chi connectivity index (χ0n) is 16.5. The second kappa shape index (κ2) is 5.74. The molecule has 2 saturated heterocycles. The Morgan fingerprint density at radius 2 is 1.96 bits per heavy atom. The highest BCUT2D eigenvalue weighted by Gasteiger charge is 2.65. The molecule has 4 heteroatoms. The molecule has 3 heterocycles. The molecular weight excluding hydrogens is 336 g/mol. The number of piperidine rings is 2. The molecule has 5 aliphatic rings. The fraction of sp³-hybridized carbons (Fsp3) is 0.652. The SMILES string of the molecule is COc1ccc2c3c1O[C@H]1C=CC(N4CCCCC4)[C@H]4[C@@H](C2)N(C)CC[C@]314. The van der Waals surface area contributed by atoms with E-state index in [2.05, 4.69) is 41.1 Å². The van der Waals surface area contributed by atoms with E-state index < -0.39 is 0 Å². The minimum atomic E-state index is 0.130. The first-order valence-corrected chi connectivity index (χ1v) is 10.7. The monoisotopic (exact) mass is 366 g/mol. The van der Waals surface area contributed by atoms with Crippen LogP contribution < -0.4 is 9.47 Å². The molecule has 0 radical (unpaired) electrons. The van der Waals surface area contributed by atoms with Crippen molar-refractivity contribution >= 4 is 0 Å². The lowest BCUT2D eigenvalue weighted by Crippen LogP contribution is -2.68. The van der Waals surface area contributed by atoms with Crippen LogP contribution in [0.3, 0.4) is 0 Å². The van der Waals surface area contributed by atoms with Gasteiger partial charge in [-0.3, -0.25) is 4.90 Å². The van der Waals surface area contributed by atoms with Gasteiger partial charge in [-0.2, -0.15) is 0 Å². The fourth-order valence-electron chi connectivity index (χ4n) is 7.02. The lowest BCUT2D eigenvalue weighted by atomic mass is 9.52. The van der Waals surface area contributed by atoms with Crippen molar-refractivity contribution in [2.75, 3.05) is 33.8 Å². The lowest BCUT2D eigenvalue weighted by Gasteiger charge is -2.60. The summed E-state index contributed by atoms with van der Waals surface area (Å²) in [6.45, 7) is 3.67. The van der Waals surface area contributed by atoms with E-state index in [1.165, 1.54) is 49.9 Å². The Bertz CT molecular complexity index is 800. The smallest absolute Gasteiger partial charge is 0.166 e. The van der Waals surface area contributed by atoms with E-state index in [0.29, 0.717) is 18.0 Å². The summed E-state index contributed by atoms with van der Waals surface area (Å²) in [6, 6.07) is 5.57. The van der Waals surface area contributed by atoms with Crippen LogP contribution in [0.2, 0.25) is 0 Å². The Kier molecular flexibility index (Phi) is 3.50. The number of likely N-dealkylation sites (N-methyl/N-ethyl adjacent to an activating group) is 1. The van der Waals surface area contributed by atoms with Crippen LogP contribution in [-0.4, -0.2) is 61.8 Å². The summed E-state index contributed by atoms with van der Waals surface area (Å²) in [7, 11) is 4.11. The molecule has 0 N–H and O–H groups in total. The molecule has 2 fully saturated rings. The molecule has 0 saturated carbocycles. The second-order valence-electron chi connectivity index (χ2n) is 9.21. The number of nitrogens with zero attached hydrogens (tertiary/aromatic N) is 2. The van der Waals surface area contributed by atoms with Gasteiger partial charge in [0.2, 0.25) is 0 Å². The number of rotatable bonds is 2. The lowest BCUT2D eigenvalue weighted by molar-refractivity contribution is -0.0457. The van der Waals surface area contributed by atoms with Crippen molar-refractivity contribution in [3.05, 3.63) is 35.4 Å².